The number of rotatable bonds is 2. The first kappa shape index (κ1) is 13.9. The van der Waals surface area contributed by atoms with E-state index in [-0.39, 0.29) is 0 Å². The Hall–Kier alpha value is -1.76. The molecule has 114 valence electrons. The minimum atomic E-state index is 0.577. The highest BCUT2D eigenvalue weighted by Crippen LogP contribution is 2.43. The van der Waals surface area contributed by atoms with Crippen molar-refractivity contribution in [3.8, 4) is 0 Å². The molecule has 0 spiro atoms. The number of para-hydroxylation sites is 1. The molecule has 1 nitrogen and oxygen atoms in total. The third-order valence-electron chi connectivity index (χ3n) is 5.52. The predicted molar refractivity (Wildman–Crippen MR) is 93.3 cm³/mol. The Morgan fingerprint density at radius 3 is 2.32 bits per heavy atom. The molecule has 0 aromatic heterocycles. The number of anilines is 1. The summed E-state index contributed by atoms with van der Waals surface area (Å²) in [5, 5.41) is 0. The highest BCUT2D eigenvalue weighted by molar-refractivity contribution is 5.52. The van der Waals surface area contributed by atoms with Crippen LogP contribution in [-0.2, 0) is 6.42 Å². The van der Waals surface area contributed by atoms with E-state index in [0.29, 0.717) is 6.04 Å². The first-order valence-corrected chi connectivity index (χ1v) is 8.83. The maximum absolute atomic E-state index is 2.68. The summed E-state index contributed by atoms with van der Waals surface area (Å²) in [5.41, 5.74) is 4.56. The maximum Gasteiger partial charge on any atom is 0.0573 e. The molecule has 0 unspecified atom stereocenters. The van der Waals surface area contributed by atoms with Gasteiger partial charge in [-0.2, -0.15) is 0 Å². The molecule has 0 N–H and O–H groups in total. The van der Waals surface area contributed by atoms with Crippen LogP contribution in [0.25, 0.3) is 0 Å². The van der Waals surface area contributed by atoms with Crippen molar-refractivity contribution < 1.29 is 0 Å². The smallest absolute Gasteiger partial charge is 0.0573 e. The summed E-state index contributed by atoms with van der Waals surface area (Å²) in [6, 6.07) is 20.8. The number of nitrogens with zero attached hydrogens (tertiary/aromatic N) is 1. The molecule has 0 bridgehead atoms. The van der Waals surface area contributed by atoms with Gasteiger partial charge in [-0.05, 0) is 48.4 Å². The van der Waals surface area contributed by atoms with E-state index in [4.69, 9.17) is 0 Å². The topological polar surface area (TPSA) is 3.24 Å². The van der Waals surface area contributed by atoms with Crippen LogP contribution in [0.1, 0.15) is 49.3 Å². The molecule has 0 radical (unpaired) electrons. The second-order valence-corrected chi connectivity index (χ2v) is 6.82. The molecule has 1 fully saturated rings. The molecule has 1 atom stereocenters. The Kier molecular flexibility index (Phi) is 3.88. The van der Waals surface area contributed by atoms with E-state index in [0.717, 1.165) is 12.5 Å². The van der Waals surface area contributed by atoms with E-state index in [2.05, 4.69) is 59.5 Å². The van der Waals surface area contributed by atoms with E-state index in [1.807, 2.05) is 0 Å². The highest BCUT2D eigenvalue weighted by atomic mass is 15.2. The van der Waals surface area contributed by atoms with Gasteiger partial charge < -0.3 is 4.90 Å². The van der Waals surface area contributed by atoms with Gasteiger partial charge in [0.1, 0.15) is 0 Å². The van der Waals surface area contributed by atoms with Gasteiger partial charge in [0.25, 0.3) is 0 Å². The van der Waals surface area contributed by atoms with E-state index >= 15 is 0 Å². The fourth-order valence-electron chi connectivity index (χ4n) is 4.47. The normalized spacial score (nSPS) is 22.4. The summed E-state index contributed by atoms with van der Waals surface area (Å²) >= 11 is 0. The van der Waals surface area contributed by atoms with Crippen LogP contribution in [0.15, 0.2) is 54.6 Å². The average molecular weight is 291 g/mol. The molecule has 4 rings (SSSR count). The lowest BCUT2D eigenvalue weighted by molar-refractivity contribution is 0.290. The summed E-state index contributed by atoms with van der Waals surface area (Å²) in [4.78, 5) is 2.68. The molecule has 1 heterocycles. The Balaban J connectivity index is 1.74. The highest BCUT2D eigenvalue weighted by Gasteiger charge is 2.34. The largest absolute Gasteiger partial charge is 0.364 e. The quantitative estimate of drug-likeness (QED) is 0.719. The number of benzene rings is 2. The lowest BCUT2D eigenvalue weighted by Crippen LogP contribution is -2.40. The molecule has 22 heavy (non-hydrogen) atoms. The van der Waals surface area contributed by atoms with Crippen LogP contribution in [0, 0.1) is 5.92 Å². The second kappa shape index (κ2) is 6.16. The van der Waals surface area contributed by atoms with Crippen molar-refractivity contribution in [2.75, 3.05) is 11.4 Å². The van der Waals surface area contributed by atoms with Crippen molar-refractivity contribution in [2.45, 2.75) is 44.6 Å². The zero-order valence-corrected chi connectivity index (χ0v) is 13.2. The van der Waals surface area contributed by atoms with Gasteiger partial charge >= 0.3 is 0 Å². The van der Waals surface area contributed by atoms with Gasteiger partial charge in [-0.25, -0.2) is 0 Å². The average Bonchev–Trinajstić information content (AvgIpc) is 2.62. The monoisotopic (exact) mass is 291 g/mol. The zero-order chi connectivity index (χ0) is 14.8. The standard InChI is InChI=1S/C21H25N/c1-3-10-18(11-4-1)21-20-14-8-7-9-17(20)15-16-22(21)19-12-5-2-6-13-19/h2,5-9,12-14,18,21H,1,3-4,10-11,15-16H2/t21-/m0/s1. The zero-order valence-electron chi connectivity index (χ0n) is 13.2. The molecule has 1 heteroatoms. The molecule has 0 saturated heterocycles. The van der Waals surface area contributed by atoms with Crippen LogP contribution in [0.3, 0.4) is 0 Å². The van der Waals surface area contributed by atoms with Crippen molar-refractivity contribution in [2.24, 2.45) is 5.92 Å². The van der Waals surface area contributed by atoms with E-state index in [1.165, 1.54) is 44.2 Å². The van der Waals surface area contributed by atoms with Gasteiger partial charge in [0.05, 0.1) is 6.04 Å². The lowest BCUT2D eigenvalue weighted by atomic mass is 9.77. The maximum atomic E-state index is 2.68. The molecular weight excluding hydrogens is 266 g/mol. The van der Waals surface area contributed by atoms with Gasteiger partial charge in [-0.1, -0.05) is 61.7 Å². The van der Waals surface area contributed by atoms with Gasteiger partial charge in [0, 0.05) is 12.2 Å². The summed E-state index contributed by atoms with van der Waals surface area (Å²) in [6.07, 6.45) is 8.20. The minimum absolute atomic E-state index is 0.577. The SMILES string of the molecule is c1ccc(N2CCc3ccccc3[C@@H]2C2CCCCC2)cc1. The Morgan fingerprint density at radius 2 is 1.50 bits per heavy atom. The second-order valence-electron chi connectivity index (χ2n) is 6.82. The number of hydrogen-bond donors (Lipinski definition) is 0. The van der Waals surface area contributed by atoms with Crippen LogP contribution >= 0.6 is 0 Å². The van der Waals surface area contributed by atoms with Crippen LogP contribution in [0.5, 0.6) is 0 Å². The molecule has 2 aliphatic rings. The Morgan fingerprint density at radius 1 is 0.773 bits per heavy atom. The Bertz CT molecular complexity index is 613. The van der Waals surface area contributed by atoms with E-state index in [9.17, 15) is 0 Å². The van der Waals surface area contributed by atoms with Crippen molar-refractivity contribution in [3.05, 3.63) is 65.7 Å². The van der Waals surface area contributed by atoms with Crippen molar-refractivity contribution >= 4 is 5.69 Å². The number of fused-ring (bicyclic) bond motifs is 1. The van der Waals surface area contributed by atoms with Crippen molar-refractivity contribution in [1.82, 2.24) is 0 Å². The van der Waals surface area contributed by atoms with Crippen LogP contribution in [0.4, 0.5) is 5.69 Å². The van der Waals surface area contributed by atoms with E-state index in [1.54, 1.807) is 11.1 Å². The molecule has 2 aromatic rings. The molecule has 2 aromatic carbocycles. The molecule has 1 saturated carbocycles. The number of hydrogen-bond acceptors (Lipinski definition) is 1. The van der Waals surface area contributed by atoms with Crippen LogP contribution < -0.4 is 4.90 Å². The Labute approximate surface area is 134 Å². The summed E-state index contributed by atoms with van der Waals surface area (Å²) in [5.74, 6) is 0.815. The van der Waals surface area contributed by atoms with Gasteiger partial charge in [-0.3, -0.25) is 0 Å². The molecule has 1 aliphatic heterocycles. The summed E-state index contributed by atoms with van der Waals surface area (Å²) in [6.45, 7) is 1.15. The molecular formula is C21H25N. The fourth-order valence-corrected chi connectivity index (χ4v) is 4.47. The summed E-state index contributed by atoms with van der Waals surface area (Å²) in [7, 11) is 0. The fraction of sp³-hybridized carbons (Fsp3) is 0.429. The van der Waals surface area contributed by atoms with E-state index < -0.39 is 0 Å². The van der Waals surface area contributed by atoms with Crippen molar-refractivity contribution in [3.63, 3.8) is 0 Å². The third-order valence-corrected chi connectivity index (χ3v) is 5.52. The first-order valence-electron chi connectivity index (χ1n) is 8.83. The molecule has 0 amide bonds. The third kappa shape index (κ3) is 2.54. The summed E-state index contributed by atoms with van der Waals surface area (Å²) < 4.78 is 0. The van der Waals surface area contributed by atoms with Crippen molar-refractivity contribution in [1.29, 1.82) is 0 Å². The predicted octanol–water partition coefficient (Wildman–Crippen LogP) is 5.37. The van der Waals surface area contributed by atoms with Gasteiger partial charge in [0.15, 0.2) is 0 Å². The first-order chi connectivity index (χ1) is 10.9. The minimum Gasteiger partial charge on any atom is -0.364 e. The van der Waals surface area contributed by atoms with Crippen LogP contribution in [-0.4, -0.2) is 6.54 Å². The lowest BCUT2D eigenvalue weighted by Gasteiger charge is -2.44. The van der Waals surface area contributed by atoms with Crippen LogP contribution in [0.2, 0.25) is 0 Å². The van der Waals surface area contributed by atoms with Gasteiger partial charge in [0.2, 0.25) is 0 Å². The molecule has 1 aliphatic carbocycles. The van der Waals surface area contributed by atoms with Gasteiger partial charge in [-0.15, -0.1) is 0 Å².